The van der Waals surface area contributed by atoms with Crippen LogP contribution in [0.25, 0.3) is 0 Å². The summed E-state index contributed by atoms with van der Waals surface area (Å²) in [5, 5.41) is 2.74. The first-order valence-corrected chi connectivity index (χ1v) is 14.5. The molecule has 0 aliphatic carbocycles. The van der Waals surface area contributed by atoms with Crippen molar-refractivity contribution < 1.29 is 40.3 Å². The SMILES string of the molecule is CCCN(C(=O)N(C)C(C)c1cc(C(F)(F)F)cc(C(F)(F)F)c1)C(CCN(CC)CCNC(C)=O)c1ccc(F)cc1C. The number of benzene rings is 2. The molecule has 1 N–H and O–H groups in total. The van der Waals surface area contributed by atoms with Gasteiger partial charge in [0.15, 0.2) is 0 Å². The maximum atomic E-state index is 14.1. The van der Waals surface area contributed by atoms with Gasteiger partial charge in [-0.2, -0.15) is 26.3 Å². The Kier molecular flexibility index (Phi) is 13.0. The number of carbonyl (C=O) groups is 2. The fourth-order valence-electron chi connectivity index (χ4n) is 5.05. The van der Waals surface area contributed by atoms with Gasteiger partial charge >= 0.3 is 18.4 Å². The molecule has 44 heavy (non-hydrogen) atoms. The van der Waals surface area contributed by atoms with Crippen LogP contribution in [0.3, 0.4) is 0 Å². The minimum Gasteiger partial charge on any atom is -0.355 e. The van der Waals surface area contributed by atoms with E-state index in [1.165, 1.54) is 37.9 Å². The molecule has 0 fully saturated rings. The van der Waals surface area contributed by atoms with Crippen LogP contribution in [0, 0.1) is 12.7 Å². The highest BCUT2D eigenvalue weighted by molar-refractivity contribution is 5.75. The number of hydrogen-bond acceptors (Lipinski definition) is 3. The lowest BCUT2D eigenvalue weighted by molar-refractivity contribution is -0.143. The number of aryl methyl sites for hydroxylation is 1. The molecule has 0 heterocycles. The lowest BCUT2D eigenvalue weighted by Gasteiger charge is -2.38. The number of amides is 3. The van der Waals surface area contributed by atoms with E-state index in [-0.39, 0.29) is 24.1 Å². The first-order chi connectivity index (χ1) is 20.4. The molecule has 0 spiro atoms. The summed E-state index contributed by atoms with van der Waals surface area (Å²) in [6.45, 7) is 10.6. The van der Waals surface area contributed by atoms with E-state index in [1.54, 1.807) is 13.0 Å². The molecule has 0 aliphatic rings. The highest BCUT2D eigenvalue weighted by atomic mass is 19.4. The third kappa shape index (κ3) is 10.1. The van der Waals surface area contributed by atoms with Gasteiger partial charge in [0.2, 0.25) is 5.91 Å². The average Bonchev–Trinajstić information content (AvgIpc) is 2.93. The minimum absolute atomic E-state index is 0.0557. The molecule has 0 bridgehead atoms. The fraction of sp³-hybridized carbons (Fsp3) is 0.548. The van der Waals surface area contributed by atoms with Gasteiger partial charge in [-0.05, 0) is 80.3 Å². The summed E-state index contributed by atoms with van der Waals surface area (Å²) in [4.78, 5) is 30.1. The van der Waals surface area contributed by atoms with Crippen LogP contribution in [0.5, 0.6) is 0 Å². The molecular formula is C31H41F7N4O2. The number of likely N-dealkylation sites (N-methyl/N-ethyl adjacent to an activating group) is 1. The summed E-state index contributed by atoms with van der Waals surface area (Å²) in [5.41, 5.74) is -1.97. The van der Waals surface area contributed by atoms with Crippen LogP contribution in [-0.2, 0) is 17.1 Å². The van der Waals surface area contributed by atoms with Gasteiger partial charge in [-0.1, -0.05) is 19.9 Å². The van der Waals surface area contributed by atoms with E-state index in [2.05, 4.69) is 10.2 Å². The standard InChI is InChI=1S/C31H41F7N4O2/c1-7-13-42(28(27-10-9-26(32)16-20(27)3)11-14-41(8-2)15-12-39-22(5)43)29(44)40(6)21(4)23-17-24(30(33,34)35)19-25(18-23)31(36,37)38/h9-10,16-19,21,28H,7-8,11-15H2,1-6H3,(H,39,43). The van der Waals surface area contributed by atoms with Crippen LogP contribution in [-0.4, -0.2) is 66.4 Å². The van der Waals surface area contributed by atoms with Gasteiger partial charge < -0.3 is 20.0 Å². The lowest BCUT2D eigenvalue weighted by atomic mass is 9.96. The number of halogens is 7. The number of nitrogens with one attached hydrogen (secondary N) is 1. The second kappa shape index (κ2) is 15.6. The summed E-state index contributed by atoms with van der Waals surface area (Å²) < 4.78 is 95.3. The molecule has 6 nitrogen and oxygen atoms in total. The van der Waals surface area contributed by atoms with Crippen molar-refractivity contribution in [1.29, 1.82) is 0 Å². The Hall–Kier alpha value is -3.35. The average molecular weight is 635 g/mol. The lowest BCUT2D eigenvalue weighted by Crippen LogP contribution is -2.45. The van der Waals surface area contributed by atoms with Crippen molar-refractivity contribution in [2.24, 2.45) is 0 Å². The molecule has 2 rings (SSSR count). The molecule has 0 aromatic heterocycles. The zero-order valence-electron chi connectivity index (χ0n) is 25.9. The van der Waals surface area contributed by atoms with Crippen molar-refractivity contribution in [3.63, 3.8) is 0 Å². The minimum atomic E-state index is -5.02. The number of urea groups is 1. The van der Waals surface area contributed by atoms with Crippen LogP contribution < -0.4 is 5.32 Å². The second-order valence-electron chi connectivity index (χ2n) is 10.8. The number of rotatable bonds is 13. The first-order valence-electron chi connectivity index (χ1n) is 14.5. The monoisotopic (exact) mass is 634 g/mol. The fourth-order valence-corrected chi connectivity index (χ4v) is 5.05. The Morgan fingerprint density at radius 3 is 1.98 bits per heavy atom. The van der Waals surface area contributed by atoms with E-state index < -0.39 is 47.4 Å². The molecule has 2 aromatic carbocycles. The van der Waals surface area contributed by atoms with E-state index >= 15 is 0 Å². The second-order valence-corrected chi connectivity index (χ2v) is 10.8. The van der Waals surface area contributed by atoms with E-state index in [9.17, 15) is 40.3 Å². The highest BCUT2D eigenvalue weighted by Crippen LogP contribution is 2.39. The van der Waals surface area contributed by atoms with Crippen molar-refractivity contribution in [3.8, 4) is 0 Å². The zero-order valence-corrected chi connectivity index (χ0v) is 25.9. The Balaban J connectivity index is 2.50. The molecule has 2 atom stereocenters. The van der Waals surface area contributed by atoms with Crippen LogP contribution in [0.4, 0.5) is 35.5 Å². The van der Waals surface area contributed by atoms with Crippen molar-refractivity contribution in [3.05, 3.63) is 70.0 Å². The third-order valence-corrected chi connectivity index (χ3v) is 7.62. The topological polar surface area (TPSA) is 55.9 Å². The Morgan fingerprint density at radius 1 is 0.909 bits per heavy atom. The Bertz CT molecular complexity index is 1230. The quantitative estimate of drug-likeness (QED) is 0.231. The van der Waals surface area contributed by atoms with Gasteiger partial charge in [-0.25, -0.2) is 9.18 Å². The van der Waals surface area contributed by atoms with Gasteiger partial charge in [0.05, 0.1) is 23.2 Å². The van der Waals surface area contributed by atoms with Gasteiger partial charge in [0.1, 0.15) is 5.82 Å². The summed E-state index contributed by atoms with van der Waals surface area (Å²) in [7, 11) is 1.34. The Morgan fingerprint density at radius 2 is 1.50 bits per heavy atom. The molecule has 0 saturated carbocycles. The van der Waals surface area contributed by atoms with Crippen LogP contribution in [0.2, 0.25) is 0 Å². The van der Waals surface area contributed by atoms with E-state index in [1.807, 2.05) is 13.8 Å². The number of nitrogens with zero attached hydrogens (tertiary/aromatic N) is 3. The maximum absolute atomic E-state index is 14.1. The van der Waals surface area contributed by atoms with Gasteiger partial charge in [0.25, 0.3) is 0 Å². The molecule has 13 heteroatoms. The van der Waals surface area contributed by atoms with E-state index in [0.29, 0.717) is 62.3 Å². The number of alkyl halides is 6. The molecule has 2 unspecified atom stereocenters. The van der Waals surface area contributed by atoms with Gasteiger partial charge in [-0.3, -0.25) is 4.79 Å². The first kappa shape index (κ1) is 36.8. The van der Waals surface area contributed by atoms with Gasteiger partial charge in [-0.15, -0.1) is 0 Å². The maximum Gasteiger partial charge on any atom is 0.416 e. The molecule has 2 aromatic rings. The third-order valence-electron chi connectivity index (χ3n) is 7.62. The Labute approximate surface area is 254 Å². The van der Waals surface area contributed by atoms with Crippen LogP contribution in [0.1, 0.15) is 80.4 Å². The van der Waals surface area contributed by atoms with Crippen molar-refractivity contribution in [1.82, 2.24) is 20.0 Å². The summed E-state index contributed by atoms with van der Waals surface area (Å²) in [5.74, 6) is -0.625. The van der Waals surface area contributed by atoms with E-state index in [0.717, 1.165) is 4.90 Å². The normalized spacial score (nSPS) is 13.5. The molecule has 3 amide bonds. The molecular weight excluding hydrogens is 593 g/mol. The molecule has 0 aliphatic heterocycles. The van der Waals surface area contributed by atoms with Crippen molar-refractivity contribution in [2.75, 3.05) is 39.8 Å². The van der Waals surface area contributed by atoms with E-state index in [4.69, 9.17) is 0 Å². The zero-order chi connectivity index (χ0) is 33.4. The smallest absolute Gasteiger partial charge is 0.355 e. The van der Waals surface area contributed by atoms with Crippen molar-refractivity contribution >= 4 is 11.9 Å². The van der Waals surface area contributed by atoms with Gasteiger partial charge in [0, 0.05) is 40.2 Å². The largest absolute Gasteiger partial charge is 0.416 e. The summed E-state index contributed by atoms with van der Waals surface area (Å²) >= 11 is 0. The molecule has 0 radical (unpaired) electrons. The molecule has 0 saturated heterocycles. The number of carbonyl (C=O) groups excluding carboxylic acids is 2. The van der Waals surface area contributed by atoms with Crippen molar-refractivity contribution in [2.45, 2.75) is 71.9 Å². The molecule has 246 valence electrons. The predicted octanol–water partition coefficient (Wildman–Crippen LogP) is 7.59. The summed E-state index contributed by atoms with van der Waals surface area (Å²) in [6, 6.07) is 3.20. The number of hydrogen-bond donors (Lipinski definition) is 1. The summed E-state index contributed by atoms with van der Waals surface area (Å²) in [6.07, 6.45) is -9.14. The van der Waals surface area contributed by atoms with Crippen LogP contribution >= 0.6 is 0 Å². The predicted molar refractivity (Wildman–Crippen MR) is 154 cm³/mol. The van der Waals surface area contributed by atoms with Crippen LogP contribution in [0.15, 0.2) is 36.4 Å². The highest BCUT2D eigenvalue weighted by Gasteiger charge is 2.38.